The van der Waals surface area contributed by atoms with Gasteiger partial charge in [-0.05, 0) is 11.1 Å². The van der Waals surface area contributed by atoms with E-state index in [2.05, 4.69) is 5.32 Å². The van der Waals surface area contributed by atoms with Crippen molar-refractivity contribution in [3.63, 3.8) is 0 Å². The summed E-state index contributed by atoms with van der Waals surface area (Å²) in [4.78, 5) is 23.0. The van der Waals surface area contributed by atoms with Gasteiger partial charge in [0.1, 0.15) is 0 Å². The third kappa shape index (κ3) is 4.71. The summed E-state index contributed by atoms with van der Waals surface area (Å²) in [6.07, 6.45) is -0.0813. The molecule has 5 nitrogen and oxygen atoms in total. The Bertz CT molecular complexity index is 559. The fourth-order valence-electron chi connectivity index (χ4n) is 2.18. The predicted octanol–water partition coefficient (Wildman–Crippen LogP) is 1.58. The molecule has 0 heterocycles. The number of hydrogen-bond donors (Lipinski definition) is 2. The number of carbonyl (C=O) groups is 2. The molecule has 2 aromatic carbocycles. The molecule has 0 saturated heterocycles. The zero-order valence-corrected chi connectivity index (χ0v) is 12.0. The first-order valence-corrected chi connectivity index (χ1v) is 6.78. The van der Waals surface area contributed by atoms with E-state index in [1.807, 2.05) is 60.7 Å². The maximum atomic E-state index is 12.4. The largest absolute Gasteiger partial charge is 0.481 e. The van der Waals surface area contributed by atoms with Crippen LogP contribution in [-0.4, -0.2) is 29.0 Å². The number of hydrogen-bond acceptors (Lipinski definition) is 2. The second-order valence-corrected chi connectivity index (χ2v) is 4.69. The molecule has 0 aliphatic carbocycles. The average Bonchev–Trinajstić information content (AvgIpc) is 2.49. The molecule has 116 valence electrons. The van der Waals surface area contributed by atoms with E-state index >= 15 is 0 Å². The maximum absolute atomic E-state index is 12.4. The van der Waals surface area contributed by atoms with E-state index in [1.54, 1.807) is 0 Å². The standard InChI is InChI=1S/C17H17NO3.H2O/c19-15(20)11-12-18-17(21)16(13-7-3-1-4-8-13)14-9-5-2-6-10-14;/h1-10,16H,11-12H2,(H,18,21)(H,19,20);1H2. The average molecular weight is 301 g/mol. The molecule has 4 N–H and O–H groups in total. The monoisotopic (exact) mass is 301 g/mol. The van der Waals surface area contributed by atoms with Gasteiger partial charge in [-0.1, -0.05) is 60.7 Å². The summed E-state index contributed by atoms with van der Waals surface area (Å²) in [5.41, 5.74) is 1.77. The highest BCUT2D eigenvalue weighted by Crippen LogP contribution is 2.24. The minimum absolute atomic E-state index is 0. The molecule has 0 unspecified atom stereocenters. The number of amides is 1. The van der Waals surface area contributed by atoms with Crippen molar-refractivity contribution in [1.82, 2.24) is 5.32 Å². The van der Waals surface area contributed by atoms with Crippen molar-refractivity contribution in [2.45, 2.75) is 12.3 Å². The summed E-state index contributed by atoms with van der Waals surface area (Å²) >= 11 is 0. The predicted molar refractivity (Wildman–Crippen MR) is 83.6 cm³/mol. The zero-order chi connectivity index (χ0) is 15.1. The summed E-state index contributed by atoms with van der Waals surface area (Å²) in [6, 6.07) is 18.9. The van der Waals surface area contributed by atoms with Crippen LogP contribution in [-0.2, 0) is 9.59 Å². The smallest absolute Gasteiger partial charge is 0.305 e. The number of nitrogens with one attached hydrogen (secondary N) is 1. The van der Waals surface area contributed by atoms with Gasteiger partial charge < -0.3 is 15.9 Å². The van der Waals surface area contributed by atoms with Crippen LogP contribution in [0.4, 0.5) is 0 Å². The molecule has 0 fully saturated rings. The van der Waals surface area contributed by atoms with Crippen LogP contribution in [0.5, 0.6) is 0 Å². The Kier molecular flexibility index (Phi) is 6.79. The molecule has 1 amide bonds. The van der Waals surface area contributed by atoms with Crippen molar-refractivity contribution in [2.75, 3.05) is 6.54 Å². The quantitative estimate of drug-likeness (QED) is 0.847. The molecule has 0 radical (unpaired) electrons. The van der Waals surface area contributed by atoms with Gasteiger partial charge in [-0.2, -0.15) is 0 Å². The van der Waals surface area contributed by atoms with Crippen LogP contribution >= 0.6 is 0 Å². The molecule has 0 spiro atoms. The van der Waals surface area contributed by atoms with Crippen LogP contribution in [0.1, 0.15) is 23.5 Å². The highest BCUT2D eigenvalue weighted by Gasteiger charge is 2.22. The van der Waals surface area contributed by atoms with Gasteiger partial charge in [0, 0.05) is 6.54 Å². The second-order valence-electron chi connectivity index (χ2n) is 4.69. The zero-order valence-electron chi connectivity index (χ0n) is 12.0. The lowest BCUT2D eigenvalue weighted by molar-refractivity contribution is -0.136. The number of aliphatic carboxylic acids is 1. The molecule has 0 saturated carbocycles. The van der Waals surface area contributed by atoms with Crippen LogP contribution in [0.2, 0.25) is 0 Å². The van der Waals surface area contributed by atoms with Gasteiger partial charge in [0.2, 0.25) is 5.91 Å². The topological polar surface area (TPSA) is 97.9 Å². The van der Waals surface area contributed by atoms with E-state index in [-0.39, 0.29) is 24.3 Å². The lowest BCUT2D eigenvalue weighted by atomic mass is 9.90. The fourth-order valence-corrected chi connectivity index (χ4v) is 2.18. The van der Waals surface area contributed by atoms with Gasteiger partial charge in [-0.3, -0.25) is 9.59 Å². The van der Waals surface area contributed by atoms with Gasteiger partial charge in [-0.25, -0.2) is 0 Å². The Morgan fingerprint density at radius 2 is 1.36 bits per heavy atom. The normalized spacial score (nSPS) is 9.86. The molecule has 5 heteroatoms. The number of carboxylic acid groups (broad SMARTS) is 1. The van der Waals surface area contributed by atoms with Gasteiger partial charge in [-0.15, -0.1) is 0 Å². The Morgan fingerprint density at radius 3 is 1.77 bits per heavy atom. The molecule has 0 aliphatic heterocycles. The highest BCUT2D eigenvalue weighted by atomic mass is 16.4. The van der Waals surface area contributed by atoms with E-state index in [1.165, 1.54) is 0 Å². The molecular formula is C17H19NO4. The molecule has 0 aromatic heterocycles. The highest BCUT2D eigenvalue weighted by molar-refractivity contribution is 5.87. The van der Waals surface area contributed by atoms with E-state index in [0.29, 0.717) is 0 Å². The molecule has 2 rings (SSSR count). The van der Waals surface area contributed by atoms with Crippen molar-refractivity contribution in [1.29, 1.82) is 0 Å². The Labute approximate surface area is 128 Å². The van der Waals surface area contributed by atoms with Crippen molar-refractivity contribution in [3.05, 3.63) is 71.8 Å². The van der Waals surface area contributed by atoms with Crippen LogP contribution < -0.4 is 5.32 Å². The molecule has 2 aromatic rings. The molecule has 0 aliphatic rings. The second kappa shape index (κ2) is 8.59. The van der Waals surface area contributed by atoms with Crippen LogP contribution in [0.3, 0.4) is 0 Å². The lowest BCUT2D eigenvalue weighted by Crippen LogP contribution is -2.31. The summed E-state index contributed by atoms with van der Waals surface area (Å²) in [6.45, 7) is 0.129. The van der Waals surface area contributed by atoms with Crippen LogP contribution in [0.25, 0.3) is 0 Å². The van der Waals surface area contributed by atoms with Crippen LogP contribution in [0, 0.1) is 0 Å². The molecular weight excluding hydrogens is 282 g/mol. The number of rotatable bonds is 6. The Morgan fingerprint density at radius 1 is 0.909 bits per heavy atom. The molecule has 22 heavy (non-hydrogen) atoms. The van der Waals surface area contributed by atoms with Gasteiger partial charge in [0.15, 0.2) is 0 Å². The maximum Gasteiger partial charge on any atom is 0.305 e. The van der Waals surface area contributed by atoms with Gasteiger partial charge in [0.05, 0.1) is 12.3 Å². The first kappa shape index (κ1) is 17.4. The summed E-state index contributed by atoms with van der Waals surface area (Å²) in [5.74, 6) is -1.54. The van der Waals surface area contributed by atoms with Crippen molar-refractivity contribution >= 4 is 11.9 Å². The molecule has 0 atom stereocenters. The Hall–Kier alpha value is -2.66. The summed E-state index contributed by atoms with van der Waals surface area (Å²) in [7, 11) is 0. The molecule has 0 bridgehead atoms. The van der Waals surface area contributed by atoms with Crippen LogP contribution in [0.15, 0.2) is 60.7 Å². The van der Waals surface area contributed by atoms with Crippen molar-refractivity contribution in [3.8, 4) is 0 Å². The van der Waals surface area contributed by atoms with Gasteiger partial charge >= 0.3 is 5.97 Å². The van der Waals surface area contributed by atoms with E-state index in [9.17, 15) is 9.59 Å². The lowest BCUT2D eigenvalue weighted by Gasteiger charge is -2.17. The summed E-state index contributed by atoms with van der Waals surface area (Å²) < 4.78 is 0. The SMILES string of the molecule is O.O=C(O)CCNC(=O)C(c1ccccc1)c1ccccc1. The van der Waals surface area contributed by atoms with E-state index < -0.39 is 11.9 Å². The number of carboxylic acids is 1. The third-order valence-corrected chi connectivity index (χ3v) is 3.17. The number of benzene rings is 2. The fraction of sp³-hybridized carbons (Fsp3) is 0.176. The van der Waals surface area contributed by atoms with E-state index in [0.717, 1.165) is 11.1 Å². The first-order chi connectivity index (χ1) is 10.2. The third-order valence-electron chi connectivity index (χ3n) is 3.17. The summed E-state index contributed by atoms with van der Waals surface area (Å²) in [5, 5.41) is 11.3. The van der Waals surface area contributed by atoms with Crippen molar-refractivity contribution in [2.24, 2.45) is 0 Å². The number of carbonyl (C=O) groups excluding carboxylic acids is 1. The minimum Gasteiger partial charge on any atom is -0.481 e. The van der Waals surface area contributed by atoms with Gasteiger partial charge in [0.25, 0.3) is 0 Å². The minimum atomic E-state index is -0.925. The first-order valence-electron chi connectivity index (χ1n) is 6.78. The Balaban J connectivity index is 0.00000242. The van der Waals surface area contributed by atoms with Crippen molar-refractivity contribution < 1.29 is 20.2 Å². The van der Waals surface area contributed by atoms with E-state index in [4.69, 9.17) is 5.11 Å².